The van der Waals surface area contributed by atoms with Gasteiger partial charge in [0.2, 0.25) is 0 Å². The van der Waals surface area contributed by atoms with Crippen molar-refractivity contribution in [3.05, 3.63) is 29.6 Å². The first kappa shape index (κ1) is 17.4. The van der Waals surface area contributed by atoms with Crippen LogP contribution in [0.5, 0.6) is 0 Å². The molecule has 0 bridgehead atoms. The molecule has 5 heteroatoms. The zero-order chi connectivity index (χ0) is 16.3. The van der Waals surface area contributed by atoms with Crippen molar-refractivity contribution >= 4 is 14.0 Å². The monoisotopic (exact) mass is 304 g/mol. The van der Waals surface area contributed by atoms with Gasteiger partial charge in [0, 0.05) is 11.8 Å². The van der Waals surface area contributed by atoms with Crippen LogP contribution in [0.4, 0.5) is 0 Å². The van der Waals surface area contributed by atoms with Crippen LogP contribution in [0, 0.1) is 11.5 Å². The van der Waals surface area contributed by atoms with E-state index in [9.17, 15) is 9.90 Å². The molecule has 1 atom stereocenters. The first-order valence-corrected chi connectivity index (χ1v) is 10.5. The molecule has 0 saturated heterocycles. The number of aromatic nitrogens is 1. The minimum Gasteiger partial charge on any atom is -0.388 e. The van der Waals surface area contributed by atoms with Gasteiger partial charge >= 0.3 is 0 Å². The van der Waals surface area contributed by atoms with Crippen molar-refractivity contribution in [1.82, 2.24) is 10.3 Å². The molecule has 0 aliphatic carbocycles. The largest absolute Gasteiger partial charge is 0.388 e. The lowest BCUT2D eigenvalue weighted by atomic mass is 10.0. The van der Waals surface area contributed by atoms with Crippen LogP contribution in [0.25, 0.3) is 0 Å². The standard InChI is InChI=1S/C16H24N2O2Si/c1-12(16(2,3)20)18-15(19)14-8-7-13(11-17-14)9-10-21(4,5)6/h7-8,11-12,20H,1-6H3,(H,18,19)/t12-/m1/s1. The fraction of sp³-hybridized carbons (Fsp3) is 0.500. The van der Waals surface area contributed by atoms with Crippen molar-refractivity contribution < 1.29 is 9.90 Å². The Balaban J connectivity index is 2.78. The molecule has 1 heterocycles. The Bertz CT molecular complexity index is 557. The summed E-state index contributed by atoms with van der Waals surface area (Å²) in [5.74, 6) is 2.80. The fourth-order valence-electron chi connectivity index (χ4n) is 1.31. The van der Waals surface area contributed by atoms with E-state index < -0.39 is 13.7 Å². The van der Waals surface area contributed by atoms with Crippen LogP contribution in [0.3, 0.4) is 0 Å². The summed E-state index contributed by atoms with van der Waals surface area (Å²) in [6, 6.07) is 3.09. The van der Waals surface area contributed by atoms with Crippen LogP contribution in [0.2, 0.25) is 19.6 Å². The number of amides is 1. The smallest absolute Gasteiger partial charge is 0.270 e. The molecular formula is C16H24N2O2Si. The van der Waals surface area contributed by atoms with Gasteiger partial charge in [-0.2, -0.15) is 0 Å². The number of hydrogen-bond acceptors (Lipinski definition) is 3. The highest BCUT2D eigenvalue weighted by Gasteiger charge is 2.24. The van der Waals surface area contributed by atoms with Gasteiger partial charge in [-0.1, -0.05) is 25.6 Å². The summed E-state index contributed by atoms with van der Waals surface area (Å²) in [5.41, 5.74) is 3.41. The maximum absolute atomic E-state index is 12.0. The molecule has 1 amide bonds. The molecule has 4 nitrogen and oxygen atoms in total. The van der Waals surface area contributed by atoms with Gasteiger partial charge in [0.05, 0.1) is 11.6 Å². The summed E-state index contributed by atoms with van der Waals surface area (Å²) >= 11 is 0. The number of pyridine rings is 1. The van der Waals surface area contributed by atoms with Gasteiger partial charge in [0.25, 0.3) is 5.91 Å². The molecule has 0 unspecified atom stereocenters. The molecule has 0 saturated carbocycles. The van der Waals surface area contributed by atoms with Crippen LogP contribution in [0.1, 0.15) is 36.8 Å². The molecule has 0 spiro atoms. The van der Waals surface area contributed by atoms with Crippen LogP contribution >= 0.6 is 0 Å². The lowest BCUT2D eigenvalue weighted by Crippen LogP contribution is -2.47. The Labute approximate surface area is 128 Å². The fourth-order valence-corrected chi connectivity index (χ4v) is 1.83. The molecule has 0 aromatic carbocycles. The maximum atomic E-state index is 12.0. The molecule has 0 fully saturated rings. The van der Waals surface area contributed by atoms with Gasteiger partial charge in [-0.25, -0.2) is 4.98 Å². The van der Waals surface area contributed by atoms with Gasteiger partial charge in [0.1, 0.15) is 13.8 Å². The predicted octanol–water partition coefficient (Wildman–Crippen LogP) is 2.20. The second-order valence-electron chi connectivity index (χ2n) is 6.78. The Kier molecular flexibility index (Phi) is 5.32. The molecule has 0 radical (unpaired) electrons. The number of carbonyl (C=O) groups is 1. The zero-order valence-electron chi connectivity index (χ0n) is 13.6. The van der Waals surface area contributed by atoms with Crippen LogP contribution in [0.15, 0.2) is 18.3 Å². The highest BCUT2D eigenvalue weighted by molar-refractivity contribution is 6.83. The van der Waals surface area contributed by atoms with Crippen LogP contribution in [-0.4, -0.2) is 35.7 Å². The molecule has 1 aromatic rings. The van der Waals surface area contributed by atoms with Gasteiger partial charge < -0.3 is 10.4 Å². The summed E-state index contributed by atoms with van der Waals surface area (Å²) in [5, 5.41) is 12.6. The van der Waals surface area contributed by atoms with Crippen molar-refractivity contribution in [2.24, 2.45) is 0 Å². The van der Waals surface area contributed by atoms with E-state index >= 15 is 0 Å². The number of rotatable bonds is 3. The summed E-state index contributed by atoms with van der Waals surface area (Å²) in [7, 11) is -1.41. The second kappa shape index (κ2) is 6.42. The van der Waals surface area contributed by atoms with Gasteiger partial charge in [0.15, 0.2) is 0 Å². The average Bonchev–Trinajstić information content (AvgIpc) is 2.35. The Morgan fingerprint density at radius 2 is 2.00 bits per heavy atom. The van der Waals surface area contributed by atoms with E-state index in [1.54, 1.807) is 39.1 Å². The SMILES string of the molecule is C[C@@H](NC(=O)c1ccc(C#C[Si](C)(C)C)cn1)C(C)(C)O. The maximum Gasteiger partial charge on any atom is 0.270 e. The predicted molar refractivity (Wildman–Crippen MR) is 87.7 cm³/mol. The number of hydrogen-bond donors (Lipinski definition) is 2. The Morgan fingerprint density at radius 1 is 1.38 bits per heavy atom. The first-order chi connectivity index (χ1) is 9.49. The molecule has 21 heavy (non-hydrogen) atoms. The van der Waals surface area contributed by atoms with Crippen LogP contribution in [-0.2, 0) is 0 Å². The summed E-state index contributed by atoms with van der Waals surface area (Å²) in [4.78, 5) is 16.1. The normalized spacial score (nSPS) is 13.1. The molecule has 0 aliphatic rings. The highest BCUT2D eigenvalue weighted by atomic mass is 28.3. The third-order valence-corrected chi connectivity index (χ3v) is 3.86. The molecule has 114 valence electrons. The minimum absolute atomic E-state index is 0.297. The molecule has 1 rings (SSSR count). The number of carbonyl (C=O) groups excluding carboxylic acids is 1. The van der Waals surface area contributed by atoms with E-state index in [1.165, 1.54) is 0 Å². The zero-order valence-corrected chi connectivity index (χ0v) is 14.6. The second-order valence-corrected chi connectivity index (χ2v) is 11.5. The van der Waals surface area contributed by atoms with E-state index in [0.717, 1.165) is 5.56 Å². The average molecular weight is 304 g/mol. The highest BCUT2D eigenvalue weighted by Crippen LogP contribution is 2.08. The van der Waals surface area contributed by atoms with Crippen molar-refractivity contribution in [3.8, 4) is 11.5 Å². The van der Waals surface area contributed by atoms with E-state index in [4.69, 9.17) is 0 Å². The number of nitrogens with zero attached hydrogens (tertiary/aromatic N) is 1. The Hall–Kier alpha value is -1.64. The molecule has 2 N–H and O–H groups in total. The summed E-state index contributed by atoms with van der Waals surface area (Å²) in [6.07, 6.45) is 1.61. The molecule has 1 aromatic heterocycles. The quantitative estimate of drug-likeness (QED) is 0.665. The van der Waals surface area contributed by atoms with Crippen molar-refractivity contribution in [2.75, 3.05) is 0 Å². The van der Waals surface area contributed by atoms with Crippen molar-refractivity contribution in [2.45, 2.75) is 52.1 Å². The molecular weight excluding hydrogens is 280 g/mol. The minimum atomic E-state index is -1.41. The number of aliphatic hydroxyl groups is 1. The number of nitrogens with one attached hydrogen (secondary N) is 1. The lowest BCUT2D eigenvalue weighted by molar-refractivity contribution is 0.0407. The van der Waals surface area contributed by atoms with E-state index in [-0.39, 0.29) is 11.9 Å². The first-order valence-electron chi connectivity index (χ1n) is 7.01. The van der Waals surface area contributed by atoms with Gasteiger partial charge in [-0.3, -0.25) is 4.79 Å². The third-order valence-electron chi connectivity index (χ3n) is 2.99. The lowest BCUT2D eigenvalue weighted by Gasteiger charge is -2.26. The van der Waals surface area contributed by atoms with Crippen molar-refractivity contribution in [3.63, 3.8) is 0 Å². The van der Waals surface area contributed by atoms with E-state index in [1.807, 2.05) is 0 Å². The summed E-state index contributed by atoms with van der Waals surface area (Å²) < 4.78 is 0. The Morgan fingerprint density at radius 3 is 2.43 bits per heavy atom. The topological polar surface area (TPSA) is 62.2 Å². The van der Waals surface area contributed by atoms with E-state index in [2.05, 4.69) is 41.4 Å². The van der Waals surface area contributed by atoms with Gasteiger partial charge in [-0.15, -0.1) is 5.54 Å². The summed E-state index contributed by atoms with van der Waals surface area (Å²) in [6.45, 7) is 11.6. The van der Waals surface area contributed by atoms with E-state index in [0.29, 0.717) is 5.69 Å². The van der Waals surface area contributed by atoms with Crippen LogP contribution < -0.4 is 5.32 Å². The van der Waals surface area contributed by atoms with Gasteiger partial charge in [-0.05, 0) is 32.9 Å². The molecule has 0 aliphatic heterocycles. The van der Waals surface area contributed by atoms with Crippen molar-refractivity contribution in [1.29, 1.82) is 0 Å². The third kappa shape index (κ3) is 6.11.